The molecule has 146 valence electrons. The lowest BCUT2D eigenvalue weighted by Gasteiger charge is -2.30. The summed E-state index contributed by atoms with van der Waals surface area (Å²) < 4.78 is 35.0. The molecule has 1 aromatic rings. The second kappa shape index (κ2) is 7.99. The predicted octanol–water partition coefficient (Wildman–Crippen LogP) is 0.580. The van der Waals surface area contributed by atoms with E-state index in [4.69, 9.17) is 9.47 Å². The fourth-order valence-corrected chi connectivity index (χ4v) is 4.77. The molecule has 0 atom stereocenters. The first-order chi connectivity index (χ1) is 12.9. The number of piperidine rings is 1. The molecule has 2 amide bonds. The van der Waals surface area contributed by atoms with Crippen molar-refractivity contribution in [2.24, 2.45) is 0 Å². The maximum Gasteiger partial charge on any atom is 0.246 e. The minimum atomic E-state index is -3.50. The van der Waals surface area contributed by atoms with E-state index < -0.39 is 26.7 Å². The molecule has 0 unspecified atom stereocenters. The topological polar surface area (TPSA) is 102 Å². The second-order valence-electron chi connectivity index (χ2n) is 6.45. The number of likely N-dealkylation sites (tertiary alicyclic amines) is 1. The van der Waals surface area contributed by atoms with Gasteiger partial charge in [0.25, 0.3) is 0 Å². The van der Waals surface area contributed by atoms with Gasteiger partial charge in [-0.1, -0.05) is 6.07 Å². The summed E-state index contributed by atoms with van der Waals surface area (Å²) in [6.45, 7) is 0.892. The fourth-order valence-electron chi connectivity index (χ4n) is 3.10. The largest absolute Gasteiger partial charge is 0.454 e. The molecule has 8 nitrogen and oxygen atoms in total. The van der Waals surface area contributed by atoms with Gasteiger partial charge in [0.15, 0.2) is 21.3 Å². The summed E-state index contributed by atoms with van der Waals surface area (Å²) in [7, 11) is -2.09. The summed E-state index contributed by atoms with van der Waals surface area (Å²) in [5.74, 6) is 0.131. The second-order valence-corrected chi connectivity index (χ2v) is 8.73. The Balaban J connectivity index is 1.55. The number of nitrogens with one attached hydrogen (secondary N) is 1. The average Bonchev–Trinajstić information content (AvgIpc) is 3.13. The third-order valence-corrected chi connectivity index (χ3v) is 6.84. The average molecular weight is 394 g/mol. The van der Waals surface area contributed by atoms with Crippen molar-refractivity contribution in [2.45, 2.75) is 18.1 Å². The molecule has 0 aliphatic carbocycles. The van der Waals surface area contributed by atoms with Crippen molar-refractivity contribution in [2.75, 3.05) is 32.7 Å². The van der Waals surface area contributed by atoms with Crippen molar-refractivity contribution in [1.82, 2.24) is 10.2 Å². The van der Waals surface area contributed by atoms with Crippen LogP contribution in [-0.4, -0.2) is 63.1 Å². The van der Waals surface area contributed by atoms with Crippen molar-refractivity contribution in [3.8, 4) is 11.5 Å². The Labute approximate surface area is 158 Å². The Hall–Kier alpha value is -2.55. The summed E-state index contributed by atoms with van der Waals surface area (Å²) in [4.78, 5) is 25.3. The molecule has 0 spiro atoms. The first-order valence-corrected chi connectivity index (χ1v) is 10.4. The van der Waals surface area contributed by atoms with Crippen LogP contribution in [0.15, 0.2) is 24.3 Å². The quantitative estimate of drug-likeness (QED) is 0.733. The molecule has 1 N–H and O–H groups in total. The zero-order chi connectivity index (χ0) is 19.4. The molecule has 0 saturated carbocycles. The van der Waals surface area contributed by atoms with Crippen molar-refractivity contribution in [1.29, 1.82) is 0 Å². The van der Waals surface area contributed by atoms with Crippen LogP contribution >= 0.6 is 0 Å². The van der Waals surface area contributed by atoms with E-state index in [9.17, 15) is 18.0 Å². The molecule has 9 heteroatoms. The number of fused-ring (bicyclic) bond motifs is 1. The molecular weight excluding hydrogens is 372 g/mol. The summed E-state index contributed by atoms with van der Waals surface area (Å²) in [6, 6.07) is 5.41. The van der Waals surface area contributed by atoms with Gasteiger partial charge in [0.05, 0.1) is 5.25 Å². The number of amides is 2. The van der Waals surface area contributed by atoms with Crippen molar-refractivity contribution >= 4 is 27.7 Å². The number of rotatable bonds is 5. The molecule has 0 radical (unpaired) electrons. The van der Waals surface area contributed by atoms with E-state index in [2.05, 4.69) is 5.32 Å². The van der Waals surface area contributed by atoms with Crippen LogP contribution in [0.5, 0.6) is 11.5 Å². The SMILES string of the molecule is CNC(=O)CS(=O)(=O)C1CCN(C(=O)/C=C/c2ccc3c(c2)OCO3)CC1. The van der Waals surface area contributed by atoms with Gasteiger partial charge in [0.2, 0.25) is 18.6 Å². The summed E-state index contributed by atoms with van der Waals surface area (Å²) in [6.07, 6.45) is 3.83. The van der Waals surface area contributed by atoms with Crippen molar-refractivity contribution < 1.29 is 27.5 Å². The monoisotopic (exact) mass is 394 g/mol. The molecule has 1 fully saturated rings. The molecule has 1 aromatic carbocycles. The predicted molar refractivity (Wildman–Crippen MR) is 99.1 cm³/mol. The number of hydrogen-bond acceptors (Lipinski definition) is 6. The highest BCUT2D eigenvalue weighted by Gasteiger charge is 2.32. The number of carbonyl (C=O) groups excluding carboxylic acids is 2. The summed E-state index contributed by atoms with van der Waals surface area (Å²) in [5.41, 5.74) is 0.815. The molecule has 1 saturated heterocycles. The van der Waals surface area contributed by atoms with Gasteiger partial charge in [-0.25, -0.2) is 8.42 Å². The van der Waals surface area contributed by atoms with Crippen LogP contribution in [0.25, 0.3) is 6.08 Å². The van der Waals surface area contributed by atoms with Crippen molar-refractivity contribution in [3.05, 3.63) is 29.8 Å². The highest BCUT2D eigenvalue weighted by Crippen LogP contribution is 2.32. The summed E-state index contributed by atoms with van der Waals surface area (Å²) >= 11 is 0. The van der Waals surface area contributed by atoms with Gasteiger partial charge in [-0.05, 0) is 36.6 Å². The van der Waals surface area contributed by atoms with E-state index in [-0.39, 0.29) is 12.7 Å². The number of nitrogens with zero attached hydrogens (tertiary/aromatic N) is 1. The van der Waals surface area contributed by atoms with E-state index >= 15 is 0 Å². The highest BCUT2D eigenvalue weighted by atomic mass is 32.2. The zero-order valence-corrected chi connectivity index (χ0v) is 15.8. The Morgan fingerprint density at radius 2 is 1.93 bits per heavy atom. The lowest BCUT2D eigenvalue weighted by Crippen LogP contribution is -2.43. The van der Waals surface area contributed by atoms with Crippen LogP contribution < -0.4 is 14.8 Å². The van der Waals surface area contributed by atoms with E-state index in [0.717, 1.165) is 5.56 Å². The molecule has 2 heterocycles. The van der Waals surface area contributed by atoms with Gasteiger partial charge in [0, 0.05) is 26.2 Å². The Morgan fingerprint density at radius 3 is 2.63 bits per heavy atom. The minimum Gasteiger partial charge on any atom is -0.454 e. The van der Waals surface area contributed by atoms with Crippen LogP contribution in [0.2, 0.25) is 0 Å². The highest BCUT2D eigenvalue weighted by molar-refractivity contribution is 7.92. The van der Waals surface area contributed by atoms with Gasteiger partial charge < -0.3 is 19.7 Å². The first kappa shape index (κ1) is 19.2. The lowest BCUT2D eigenvalue weighted by molar-refractivity contribution is -0.126. The first-order valence-electron chi connectivity index (χ1n) is 8.68. The number of benzene rings is 1. The third-order valence-electron chi connectivity index (χ3n) is 4.69. The third kappa shape index (κ3) is 4.60. The maximum atomic E-state index is 12.4. The Morgan fingerprint density at radius 1 is 1.22 bits per heavy atom. The van der Waals surface area contributed by atoms with Crippen LogP contribution in [0.1, 0.15) is 18.4 Å². The van der Waals surface area contributed by atoms with E-state index in [0.29, 0.717) is 37.4 Å². The van der Waals surface area contributed by atoms with E-state index in [1.165, 1.54) is 13.1 Å². The molecule has 2 aliphatic rings. The maximum absolute atomic E-state index is 12.4. The number of carbonyl (C=O) groups is 2. The minimum absolute atomic E-state index is 0.171. The number of sulfone groups is 1. The van der Waals surface area contributed by atoms with Gasteiger partial charge in [-0.3, -0.25) is 9.59 Å². The number of hydrogen-bond donors (Lipinski definition) is 1. The number of ether oxygens (including phenoxy) is 2. The van der Waals surface area contributed by atoms with Crippen LogP contribution in [0, 0.1) is 0 Å². The van der Waals surface area contributed by atoms with E-state index in [1.54, 1.807) is 23.1 Å². The lowest BCUT2D eigenvalue weighted by atomic mass is 10.1. The summed E-state index contributed by atoms with van der Waals surface area (Å²) in [5, 5.41) is 1.74. The molecule has 27 heavy (non-hydrogen) atoms. The van der Waals surface area contributed by atoms with Crippen molar-refractivity contribution in [3.63, 3.8) is 0 Å². The normalized spacial score (nSPS) is 17.3. The van der Waals surface area contributed by atoms with Crippen LogP contribution in [0.4, 0.5) is 0 Å². The molecule has 3 rings (SSSR count). The van der Waals surface area contributed by atoms with Gasteiger partial charge in [-0.15, -0.1) is 0 Å². The van der Waals surface area contributed by atoms with Crippen LogP contribution in [-0.2, 0) is 19.4 Å². The molecular formula is C18H22N2O6S. The molecule has 2 aliphatic heterocycles. The molecule has 0 bridgehead atoms. The Bertz CT molecular complexity index is 857. The van der Waals surface area contributed by atoms with E-state index in [1.807, 2.05) is 6.07 Å². The fraction of sp³-hybridized carbons (Fsp3) is 0.444. The van der Waals surface area contributed by atoms with Crippen LogP contribution in [0.3, 0.4) is 0 Å². The smallest absolute Gasteiger partial charge is 0.246 e. The van der Waals surface area contributed by atoms with Gasteiger partial charge in [0.1, 0.15) is 5.75 Å². The van der Waals surface area contributed by atoms with Gasteiger partial charge >= 0.3 is 0 Å². The van der Waals surface area contributed by atoms with Gasteiger partial charge in [-0.2, -0.15) is 0 Å². The zero-order valence-electron chi connectivity index (χ0n) is 15.0. The standard InChI is InChI=1S/C18H22N2O6S/c1-19-17(21)11-27(23,24)14-6-8-20(9-7-14)18(22)5-3-13-2-4-15-16(10-13)26-12-25-15/h2-5,10,14H,6-9,11-12H2,1H3,(H,19,21)/b5-3+. The molecule has 0 aromatic heterocycles. The Kier molecular flexibility index (Phi) is 5.69.